The number of benzene rings is 1. The summed E-state index contributed by atoms with van der Waals surface area (Å²) in [6.07, 6.45) is 3.47. The molecule has 3 aromatic rings. The van der Waals surface area contributed by atoms with Gasteiger partial charge in [0.15, 0.2) is 5.82 Å². The second-order valence-corrected chi connectivity index (χ2v) is 8.76. The Morgan fingerprint density at radius 1 is 1.11 bits per heavy atom. The van der Waals surface area contributed by atoms with Crippen molar-refractivity contribution < 1.29 is 0 Å². The molecule has 0 unspecified atom stereocenters. The molecule has 1 aliphatic rings. The molecule has 0 saturated carbocycles. The number of fused-ring (bicyclic) bond motifs is 1. The number of nitrogens with zero attached hydrogens (tertiary/aromatic N) is 5. The molecule has 2 aromatic heterocycles. The summed E-state index contributed by atoms with van der Waals surface area (Å²) >= 11 is 0. The Morgan fingerprint density at radius 3 is 2.57 bits per heavy atom. The Balaban J connectivity index is 1.92. The topological polar surface area (TPSA) is 79.7 Å². The van der Waals surface area contributed by atoms with Crippen LogP contribution in [0.3, 0.4) is 0 Å². The number of nitrogens with one attached hydrogen (secondary N) is 1. The molecule has 0 aliphatic carbocycles. The standard InChI is InChI=1S/C21H28N6O/c1-14-8-9-17-15(12-14)13-16(20(28)22-17)18(26-10-6-5-7-11-26)19-23-24-25-27(19)21(2,3)4/h8-9,12-13,18H,5-7,10-11H2,1-4H3,(H,22,28)/t18-/m1/s1. The third-order valence-corrected chi connectivity index (χ3v) is 5.45. The van der Waals surface area contributed by atoms with E-state index in [1.54, 1.807) is 0 Å². The van der Waals surface area contributed by atoms with Crippen LogP contribution < -0.4 is 5.56 Å². The van der Waals surface area contributed by atoms with Crippen molar-refractivity contribution >= 4 is 10.9 Å². The fourth-order valence-corrected chi connectivity index (χ4v) is 4.06. The summed E-state index contributed by atoms with van der Waals surface area (Å²) in [5.74, 6) is 0.729. The molecule has 7 heteroatoms. The van der Waals surface area contributed by atoms with Gasteiger partial charge in [0, 0.05) is 11.1 Å². The van der Waals surface area contributed by atoms with Crippen molar-refractivity contribution in [2.24, 2.45) is 0 Å². The van der Waals surface area contributed by atoms with E-state index >= 15 is 0 Å². The molecule has 1 N–H and O–H groups in total. The first-order chi connectivity index (χ1) is 13.3. The highest BCUT2D eigenvalue weighted by Crippen LogP contribution is 2.31. The highest BCUT2D eigenvalue weighted by molar-refractivity contribution is 5.79. The van der Waals surface area contributed by atoms with Crippen LogP contribution in [0, 0.1) is 6.92 Å². The zero-order valence-corrected chi connectivity index (χ0v) is 17.1. The minimum absolute atomic E-state index is 0.0737. The first-order valence-electron chi connectivity index (χ1n) is 10.0. The van der Waals surface area contributed by atoms with Crippen molar-refractivity contribution in [3.63, 3.8) is 0 Å². The van der Waals surface area contributed by atoms with Crippen LogP contribution in [0.25, 0.3) is 10.9 Å². The van der Waals surface area contributed by atoms with E-state index in [2.05, 4.69) is 59.2 Å². The molecule has 0 radical (unpaired) electrons. The van der Waals surface area contributed by atoms with Crippen LogP contribution in [-0.4, -0.2) is 43.2 Å². The first kappa shape index (κ1) is 18.8. The molecule has 1 fully saturated rings. The number of hydrogen-bond acceptors (Lipinski definition) is 5. The number of H-pyrrole nitrogens is 1. The number of rotatable bonds is 3. The summed E-state index contributed by atoms with van der Waals surface area (Å²) in [5.41, 5.74) is 2.38. The molecule has 1 saturated heterocycles. The molecule has 148 valence electrons. The third-order valence-electron chi connectivity index (χ3n) is 5.45. The Labute approximate surface area is 164 Å². The van der Waals surface area contributed by atoms with Gasteiger partial charge >= 0.3 is 0 Å². The van der Waals surface area contributed by atoms with E-state index in [1.807, 2.05) is 22.9 Å². The predicted molar refractivity (Wildman–Crippen MR) is 109 cm³/mol. The zero-order chi connectivity index (χ0) is 19.9. The van der Waals surface area contributed by atoms with Crippen molar-refractivity contribution in [3.8, 4) is 0 Å². The molecule has 28 heavy (non-hydrogen) atoms. The van der Waals surface area contributed by atoms with Crippen LogP contribution in [0.5, 0.6) is 0 Å². The van der Waals surface area contributed by atoms with Crippen LogP contribution >= 0.6 is 0 Å². The molecule has 1 aromatic carbocycles. The van der Waals surface area contributed by atoms with Crippen molar-refractivity contribution in [1.29, 1.82) is 0 Å². The van der Waals surface area contributed by atoms with E-state index < -0.39 is 0 Å². The van der Waals surface area contributed by atoms with Gasteiger partial charge in [-0.2, -0.15) is 0 Å². The first-order valence-corrected chi connectivity index (χ1v) is 10.0. The van der Waals surface area contributed by atoms with E-state index in [1.165, 1.54) is 12.0 Å². The fourth-order valence-electron chi connectivity index (χ4n) is 4.06. The van der Waals surface area contributed by atoms with Gasteiger partial charge in [0.2, 0.25) is 0 Å². The Bertz CT molecular complexity index is 1040. The van der Waals surface area contributed by atoms with Crippen LogP contribution in [0.4, 0.5) is 0 Å². The summed E-state index contributed by atoms with van der Waals surface area (Å²) in [5, 5.41) is 13.6. The van der Waals surface area contributed by atoms with E-state index in [4.69, 9.17) is 0 Å². The Hall–Kier alpha value is -2.54. The molecule has 1 atom stereocenters. The maximum atomic E-state index is 13.1. The minimum Gasteiger partial charge on any atom is -0.322 e. The molecule has 0 spiro atoms. The summed E-state index contributed by atoms with van der Waals surface area (Å²) in [7, 11) is 0. The van der Waals surface area contributed by atoms with Crippen LogP contribution in [0.1, 0.15) is 63.0 Å². The molecular formula is C21H28N6O. The predicted octanol–water partition coefficient (Wildman–Crippen LogP) is 3.15. The monoisotopic (exact) mass is 380 g/mol. The number of tetrazole rings is 1. The van der Waals surface area contributed by atoms with Gasteiger partial charge in [-0.1, -0.05) is 18.1 Å². The molecule has 3 heterocycles. The lowest BCUT2D eigenvalue weighted by molar-refractivity contribution is 0.170. The number of aryl methyl sites for hydroxylation is 1. The molecule has 4 rings (SSSR count). The molecular weight excluding hydrogens is 352 g/mol. The number of aromatic nitrogens is 5. The highest BCUT2D eigenvalue weighted by Gasteiger charge is 2.33. The van der Waals surface area contributed by atoms with Crippen LogP contribution in [0.15, 0.2) is 29.1 Å². The van der Waals surface area contributed by atoms with Gasteiger partial charge in [0.05, 0.1) is 5.54 Å². The van der Waals surface area contributed by atoms with Crippen molar-refractivity contribution in [2.75, 3.05) is 13.1 Å². The smallest absolute Gasteiger partial charge is 0.253 e. The van der Waals surface area contributed by atoms with E-state index in [0.29, 0.717) is 5.56 Å². The quantitative estimate of drug-likeness (QED) is 0.755. The number of likely N-dealkylation sites (tertiary alicyclic amines) is 1. The lowest BCUT2D eigenvalue weighted by Crippen LogP contribution is -2.40. The highest BCUT2D eigenvalue weighted by atomic mass is 16.1. The summed E-state index contributed by atoms with van der Waals surface area (Å²) in [4.78, 5) is 18.5. The number of piperidine rings is 1. The van der Waals surface area contributed by atoms with Crippen LogP contribution in [0.2, 0.25) is 0 Å². The van der Waals surface area contributed by atoms with Gasteiger partial charge in [0.1, 0.15) is 6.04 Å². The third kappa shape index (κ3) is 3.46. The average molecular weight is 380 g/mol. The van der Waals surface area contributed by atoms with Gasteiger partial charge < -0.3 is 4.98 Å². The fraction of sp³-hybridized carbons (Fsp3) is 0.524. The summed E-state index contributed by atoms with van der Waals surface area (Å²) in [6, 6.07) is 7.84. The molecule has 7 nitrogen and oxygen atoms in total. The van der Waals surface area contributed by atoms with E-state index in [9.17, 15) is 4.79 Å². The van der Waals surface area contributed by atoms with Crippen molar-refractivity contribution in [3.05, 3.63) is 51.6 Å². The number of aromatic amines is 1. The summed E-state index contributed by atoms with van der Waals surface area (Å²) < 4.78 is 1.85. The molecule has 0 amide bonds. The SMILES string of the molecule is Cc1ccc2[nH]c(=O)c([C@H](c3nnnn3C(C)(C)C)N3CCCCC3)cc2c1. The summed E-state index contributed by atoms with van der Waals surface area (Å²) in [6.45, 7) is 10.2. The maximum Gasteiger partial charge on any atom is 0.253 e. The Kier molecular flexibility index (Phi) is 4.79. The van der Waals surface area contributed by atoms with Crippen molar-refractivity contribution in [2.45, 2.75) is 58.5 Å². The normalized spacial score (nSPS) is 17.1. The van der Waals surface area contributed by atoms with E-state index in [0.717, 1.165) is 42.7 Å². The van der Waals surface area contributed by atoms with Gasteiger partial charge in [-0.25, -0.2) is 4.68 Å². The van der Waals surface area contributed by atoms with Crippen molar-refractivity contribution in [1.82, 2.24) is 30.1 Å². The van der Waals surface area contributed by atoms with Gasteiger partial charge in [-0.05, 0) is 87.6 Å². The van der Waals surface area contributed by atoms with Gasteiger partial charge in [-0.15, -0.1) is 5.10 Å². The average Bonchev–Trinajstić information content (AvgIpc) is 3.13. The largest absolute Gasteiger partial charge is 0.322 e. The molecule has 1 aliphatic heterocycles. The van der Waals surface area contributed by atoms with Gasteiger partial charge in [-0.3, -0.25) is 9.69 Å². The number of hydrogen-bond donors (Lipinski definition) is 1. The van der Waals surface area contributed by atoms with E-state index in [-0.39, 0.29) is 17.1 Å². The van der Waals surface area contributed by atoms with Crippen LogP contribution in [-0.2, 0) is 5.54 Å². The lowest BCUT2D eigenvalue weighted by atomic mass is 9.99. The Morgan fingerprint density at radius 2 is 1.86 bits per heavy atom. The second-order valence-electron chi connectivity index (χ2n) is 8.76. The second kappa shape index (κ2) is 7.13. The zero-order valence-electron chi connectivity index (χ0n) is 17.1. The maximum absolute atomic E-state index is 13.1. The van der Waals surface area contributed by atoms with Gasteiger partial charge in [0.25, 0.3) is 5.56 Å². The number of pyridine rings is 1. The minimum atomic E-state index is -0.271. The lowest BCUT2D eigenvalue weighted by Gasteiger charge is -2.35. The molecule has 0 bridgehead atoms.